The van der Waals surface area contributed by atoms with Crippen molar-refractivity contribution in [1.29, 1.82) is 0 Å². The molecule has 13 heteroatoms. The summed E-state index contributed by atoms with van der Waals surface area (Å²) < 4.78 is 81.6. The number of alkyl halides is 6. The summed E-state index contributed by atoms with van der Waals surface area (Å²) in [5.74, 6) is -2.67. The number of nitrogens with zero attached hydrogens (tertiary/aromatic N) is 1. The van der Waals surface area contributed by atoms with Gasteiger partial charge in [0, 0.05) is 0 Å². The van der Waals surface area contributed by atoms with E-state index in [0.29, 0.717) is 5.69 Å². The molecule has 1 heterocycles. The molecule has 1 aromatic heterocycles. The Morgan fingerprint density at radius 3 is 2.00 bits per heavy atom. The molecule has 5 nitrogen and oxygen atoms in total. The molecule has 30 heavy (non-hydrogen) atoms. The van der Waals surface area contributed by atoms with Crippen molar-refractivity contribution in [3.05, 3.63) is 56.7 Å². The van der Waals surface area contributed by atoms with Crippen molar-refractivity contribution in [3.8, 4) is 0 Å². The summed E-state index contributed by atoms with van der Waals surface area (Å²) in [4.78, 5) is 27.7. The Bertz CT molecular complexity index is 960. The molecule has 0 atom stereocenters. The van der Waals surface area contributed by atoms with Crippen molar-refractivity contribution in [2.45, 2.75) is 19.3 Å². The molecule has 1 amide bonds. The lowest BCUT2D eigenvalue weighted by atomic mass is 10.0. The Hall–Kier alpha value is -2.53. The van der Waals surface area contributed by atoms with Gasteiger partial charge >= 0.3 is 18.3 Å². The monoisotopic (exact) mass is 474 g/mol. The van der Waals surface area contributed by atoms with Gasteiger partial charge in [0.25, 0.3) is 5.91 Å². The second-order valence-electron chi connectivity index (χ2n) is 5.80. The van der Waals surface area contributed by atoms with E-state index in [0.717, 1.165) is 0 Å². The molecule has 0 spiro atoms. The Kier molecular flexibility index (Phi) is 6.87. The molecular weight excluding hydrogens is 465 g/mol. The molecule has 1 aromatic carbocycles. The number of amides is 1. The fraction of sp³-hybridized carbons (Fsp3) is 0.235. The number of esters is 1. The number of nitrogens with one attached hydrogen (secondary N) is 1. The predicted octanol–water partition coefficient (Wildman–Crippen LogP) is 5.53. The second kappa shape index (κ2) is 8.68. The summed E-state index contributed by atoms with van der Waals surface area (Å²) in [5, 5.41) is 2.35. The third kappa shape index (κ3) is 5.99. The van der Waals surface area contributed by atoms with Gasteiger partial charge in [-0.25, -0.2) is 9.78 Å². The molecule has 162 valence electrons. The van der Waals surface area contributed by atoms with E-state index in [4.69, 9.17) is 23.2 Å². The third-order valence-corrected chi connectivity index (χ3v) is 4.19. The van der Waals surface area contributed by atoms with Gasteiger partial charge in [0.1, 0.15) is 0 Å². The van der Waals surface area contributed by atoms with Gasteiger partial charge in [0.15, 0.2) is 12.4 Å². The van der Waals surface area contributed by atoms with Gasteiger partial charge in [0.2, 0.25) is 0 Å². The Morgan fingerprint density at radius 2 is 1.50 bits per heavy atom. The molecule has 1 N–H and O–H groups in total. The number of hydrogen-bond acceptors (Lipinski definition) is 4. The van der Waals surface area contributed by atoms with Crippen LogP contribution in [0.25, 0.3) is 0 Å². The molecule has 0 aliphatic carbocycles. The lowest BCUT2D eigenvalue weighted by Crippen LogP contribution is -2.22. The molecule has 0 aliphatic rings. The first-order valence-electron chi connectivity index (χ1n) is 7.77. The molecule has 2 rings (SSSR count). The Morgan fingerprint density at radius 1 is 0.967 bits per heavy atom. The lowest BCUT2D eigenvalue weighted by Gasteiger charge is -2.14. The molecule has 0 saturated heterocycles. The predicted molar refractivity (Wildman–Crippen MR) is 94.4 cm³/mol. The fourth-order valence-corrected chi connectivity index (χ4v) is 2.51. The van der Waals surface area contributed by atoms with E-state index < -0.39 is 47.5 Å². The van der Waals surface area contributed by atoms with Crippen LogP contribution in [0.4, 0.5) is 32.2 Å². The van der Waals surface area contributed by atoms with Crippen LogP contribution >= 0.6 is 23.2 Å². The van der Waals surface area contributed by atoms with E-state index in [1.807, 2.05) is 0 Å². The number of hydrogen-bond donors (Lipinski definition) is 1. The van der Waals surface area contributed by atoms with Gasteiger partial charge < -0.3 is 10.1 Å². The van der Waals surface area contributed by atoms with Crippen molar-refractivity contribution in [3.63, 3.8) is 0 Å². The topological polar surface area (TPSA) is 68.3 Å². The highest BCUT2D eigenvalue weighted by Crippen LogP contribution is 2.36. The van der Waals surface area contributed by atoms with Gasteiger partial charge in [-0.2, -0.15) is 26.3 Å². The number of carbonyl (C=O) groups is 2. The number of anilines is 1. The summed E-state index contributed by atoms with van der Waals surface area (Å²) in [6.07, 6.45) is -10.3. The smallest absolute Gasteiger partial charge is 0.416 e. The normalized spacial score (nSPS) is 11.9. The molecule has 0 aliphatic heterocycles. The maximum Gasteiger partial charge on any atom is 0.416 e. The van der Waals surface area contributed by atoms with E-state index in [9.17, 15) is 35.9 Å². The first kappa shape index (κ1) is 23.7. The lowest BCUT2D eigenvalue weighted by molar-refractivity contribution is -0.143. The number of pyridine rings is 1. The Balaban J connectivity index is 2.16. The number of carbonyl (C=O) groups excluding carboxylic acids is 2. The highest BCUT2D eigenvalue weighted by Gasteiger charge is 2.37. The zero-order chi connectivity index (χ0) is 22.9. The maximum atomic E-state index is 12.8. The van der Waals surface area contributed by atoms with Crippen LogP contribution < -0.4 is 5.32 Å². The van der Waals surface area contributed by atoms with Crippen LogP contribution in [-0.2, 0) is 21.9 Å². The summed E-state index contributed by atoms with van der Waals surface area (Å²) >= 11 is 11.6. The summed E-state index contributed by atoms with van der Waals surface area (Å²) in [6, 6.07) is 1.53. The molecule has 0 fully saturated rings. The number of ether oxygens (including phenoxy) is 1. The van der Waals surface area contributed by atoms with Crippen LogP contribution in [0.15, 0.2) is 24.3 Å². The largest absolute Gasteiger partial charge is 0.452 e. The van der Waals surface area contributed by atoms with Crippen LogP contribution in [-0.4, -0.2) is 23.5 Å². The summed E-state index contributed by atoms with van der Waals surface area (Å²) in [6.45, 7) is 0.496. The van der Waals surface area contributed by atoms with Crippen LogP contribution in [0, 0.1) is 6.92 Å². The van der Waals surface area contributed by atoms with Crippen molar-refractivity contribution >= 4 is 40.9 Å². The van der Waals surface area contributed by atoms with Crippen molar-refractivity contribution in [2.24, 2.45) is 0 Å². The van der Waals surface area contributed by atoms with E-state index in [1.54, 1.807) is 0 Å². The molecule has 0 unspecified atom stereocenters. The first-order chi connectivity index (χ1) is 13.7. The van der Waals surface area contributed by atoms with E-state index in [1.165, 1.54) is 13.0 Å². The van der Waals surface area contributed by atoms with Crippen LogP contribution in [0.2, 0.25) is 10.0 Å². The van der Waals surface area contributed by atoms with Gasteiger partial charge in [-0.05, 0) is 31.2 Å². The first-order valence-corrected chi connectivity index (χ1v) is 8.53. The minimum Gasteiger partial charge on any atom is -0.452 e. The average Bonchev–Trinajstić information content (AvgIpc) is 2.62. The Labute approximate surface area is 174 Å². The maximum absolute atomic E-state index is 12.8. The average molecular weight is 475 g/mol. The van der Waals surface area contributed by atoms with Crippen molar-refractivity contribution in [1.82, 2.24) is 4.98 Å². The number of aryl methyl sites for hydroxylation is 1. The van der Waals surface area contributed by atoms with Gasteiger partial charge in [-0.1, -0.05) is 23.2 Å². The number of halogens is 8. The standard InChI is InChI=1S/C17H10Cl2F6N2O3/c1-7-11(18)5-12(19)14(26-7)27-13(28)6-30-15(29)8-2-9(16(20,21)22)4-10(3-8)17(23,24)25/h2-5H,6H2,1H3,(H,26,27,28). The van der Waals surface area contributed by atoms with Crippen molar-refractivity contribution < 1.29 is 40.7 Å². The number of aromatic nitrogens is 1. The molecule has 0 bridgehead atoms. The zero-order valence-corrected chi connectivity index (χ0v) is 16.2. The van der Waals surface area contributed by atoms with Crippen LogP contribution in [0.3, 0.4) is 0 Å². The number of benzene rings is 1. The van der Waals surface area contributed by atoms with Gasteiger partial charge in [0.05, 0.1) is 32.4 Å². The minimum atomic E-state index is -5.14. The highest BCUT2D eigenvalue weighted by molar-refractivity contribution is 6.36. The third-order valence-electron chi connectivity index (χ3n) is 3.52. The van der Waals surface area contributed by atoms with Crippen LogP contribution in [0.1, 0.15) is 27.2 Å². The number of rotatable bonds is 4. The quantitative estimate of drug-likeness (QED) is 0.467. The van der Waals surface area contributed by atoms with Gasteiger partial charge in [-0.3, -0.25) is 4.79 Å². The molecule has 2 aromatic rings. The molecular formula is C17H10Cl2F6N2O3. The van der Waals surface area contributed by atoms with Crippen molar-refractivity contribution in [2.75, 3.05) is 11.9 Å². The van der Waals surface area contributed by atoms with E-state index in [-0.39, 0.29) is 34.1 Å². The second-order valence-corrected chi connectivity index (χ2v) is 6.62. The SMILES string of the molecule is Cc1nc(NC(=O)COC(=O)c2cc(C(F)(F)F)cc(C(F)(F)F)c2)c(Cl)cc1Cl. The fourth-order valence-electron chi connectivity index (χ4n) is 2.10. The van der Waals surface area contributed by atoms with E-state index in [2.05, 4.69) is 15.0 Å². The minimum absolute atomic E-state index is 0.0435. The summed E-state index contributed by atoms with van der Waals surface area (Å²) in [5.41, 5.74) is -4.09. The highest BCUT2D eigenvalue weighted by atomic mass is 35.5. The summed E-state index contributed by atoms with van der Waals surface area (Å²) in [7, 11) is 0. The van der Waals surface area contributed by atoms with Gasteiger partial charge in [-0.15, -0.1) is 0 Å². The zero-order valence-electron chi connectivity index (χ0n) is 14.7. The van der Waals surface area contributed by atoms with E-state index >= 15 is 0 Å². The molecule has 0 saturated carbocycles. The molecule has 0 radical (unpaired) electrons. The van der Waals surface area contributed by atoms with Crippen LogP contribution in [0.5, 0.6) is 0 Å².